The number of carbonyl (C=O) groups excluding carboxylic acids is 1. The first-order valence-corrected chi connectivity index (χ1v) is 4.54. The number of nitrogens with one attached hydrogen (secondary N) is 1. The van der Waals surface area contributed by atoms with Crippen LogP contribution in [0, 0.1) is 11.3 Å². The molecule has 0 aromatic carbocycles. The third-order valence-electron chi connectivity index (χ3n) is 1.90. The van der Waals surface area contributed by atoms with Crippen LogP contribution in [0.2, 0.25) is 0 Å². The van der Waals surface area contributed by atoms with Gasteiger partial charge in [0, 0.05) is 0 Å². The van der Waals surface area contributed by atoms with Crippen molar-refractivity contribution in [2.24, 2.45) is 0 Å². The quantitative estimate of drug-likeness (QED) is 0.735. The largest absolute Gasteiger partial charge is 0.333 e. The minimum Gasteiger partial charge on any atom is -0.333 e. The van der Waals surface area contributed by atoms with Crippen LogP contribution in [0.4, 0.5) is 0 Å². The van der Waals surface area contributed by atoms with Crippen molar-refractivity contribution >= 4 is 17.4 Å². The molecule has 0 saturated heterocycles. The number of rotatable bonds is 2. The van der Waals surface area contributed by atoms with E-state index < -0.39 is 5.54 Å². The zero-order valence-electron chi connectivity index (χ0n) is 6.65. The van der Waals surface area contributed by atoms with Gasteiger partial charge in [-0.05, 0) is 24.4 Å². The summed E-state index contributed by atoms with van der Waals surface area (Å²) in [7, 11) is 0. The van der Waals surface area contributed by atoms with Crippen LogP contribution in [-0.4, -0.2) is 21.0 Å². The Balaban J connectivity index is 2.05. The lowest BCUT2D eigenvalue weighted by atomic mass is 10.3. The summed E-state index contributed by atoms with van der Waals surface area (Å²) in [5, 5.41) is 14.9. The molecule has 5 nitrogen and oxygen atoms in total. The van der Waals surface area contributed by atoms with E-state index in [2.05, 4.69) is 21.0 Å². The molecule has 0 spiro atoms. The second-order valence-electron chi connectivity index (χ2n) is 2.93. The highest BCUT2D eigenvalue weighted by atomic mass is 32.1. The van der Waals surface area contributed by atoms with Gasteiger partial charge >= 0.3 is 0 Å². The Morgan fingerprint density at radius 3 is 3.00 bits per heavy atom. The van der Waals surface area contributed by atoms with Gasteiger partial charge in [0.05, 0.1) is 12.3 Å². The van der Waals surface area contributed by atoms with Crippen LogP contribution in [0.5, 0.6) is 0 Å². The van der Waals surface area contributed by atoms with Gasteiger partial charge in [-0.2, -0.15) is 5.26 Å². The number of nitriles is 1. The van der Waals surface area contributed by atoms with Gasteiger partial charge < -0.3 is 5.32 Å². The van der Waals surface area contributed by atoms with Crippen molar-refractivity contribution in [3.05, 3.63) is 11.1 Å². The molecule has 1 aliphatic rings. The molecule has 1 fully saturated rings. The number of aromatic nitrogens is 2. The van der Waals surface area contributed by atoms with Gasteiger partial charge in [0.1, 0.15) is 10.4 Å². The maximum Gasteiger partial charge on any atom is 0.265 e. The number of amides is 1. The van der Waals surface area contributed by atoms with E-state index in [1.54, 1.807) is 0 Å². The minimum absolute atomic E-state index is 0.256. The Bertz CT molecular complexity index is 362. The van der Waals surface area contributed by atoms with Gasteiger partial charge in [-0.25, -0.2) is 0 Å². The fourth-order valence-corrected chi connectivity index (χ4v) is 1.35. The summed E-state index contributed by atoms with van der Waals surface area (Å²) < 4.78 is 3.57. The molecular formula is C7H6N4OS. The van der Waals surface area contributed by atoms with Gasteiger partial charge in [-0.1, -0.05) is 4.49 Å². The fraction of sp³-hybridized carbons (Fsp3) is 0.429. The monoisotopic (exact) mass is 194 g/mol. The highest BCUT2D eigenvalue weighted by Gasteiger charge is 2.44. The van der Waals surface area contributed by atoms with E-state index in [1.807, 2.05) is 0 Å². The van der Waals surface area contributed by atoms with Crippen LogP contribution in [0.25, 0.3) is 0 Å². The molecule has 1 saturated carbocycles. The fourth-order valence-electron chi connectivity index (χ4n) is 0.936. The smallest absolute Gasteiger partial charge is 0.265 e. The maximum absolute atomic E-state index is 11.4. The molecule has 1 amide bonds. The molecule has 0 atom stereocenters. The Morgan fingerprint density at radius 1 is 1.77 bits per heavy atom. The summed E-state index contributed by atoms with van der Waals surface area (Å²) in [4.78, 5) is 11.8. The average molecular weight is 194 g/mol. The van der Waals surface area contributed by atoms with Gasteiger partial charge in [0.25, 0.3) is 5.91 Å². The van der Waals surface area contributed by atoms with Crippen LogP contribution >= 0.6 is 11.5 Å². The summed E-state index contributed by atoms with van der Waals surface area (Å²) >= 11 is 1.03. The predicted octanol–water partition coefficient (Wildman–Crippen LogP) is 0.324. The molecule has 1 N–H and O–H groups in total. The number of nitrogens with zero attached hydrogens (tertiary/aromatic N) is 3. The summed E-state index contributed by atoms with van der Waals surface area (Å²) in [6, 6.07) is 2.08. The molecule has 0 aliphatic heterocycles. The van der Waals surface area contributed by atoms with E-state index in [-0.39, 0.29) is 5.91 Å². The second-order valence-corrected chi connectivity index (χ2v) is 3.72. The van der Waals surface area contributed by atoms with E-state index in [0.717, 1.165) is 24.4 Å². The zero-order chi connectivity index (χ0) is 9.31. The highest BCUT2D eigenvalue weighted by Crippen LogP contribution is 2.34. The molecule has 1 aromatic heterocycles. The van der Waals surface area contributed by atoms with Crippen molar-refractivity contribution in [1.29, 1.82) is 5.26 Å². The van der Waals surface area contributed by atoms with Crippen molar-refractivity contribution in [3.63, 3.8) is 0 Å². The number of hydrogen-bond donors (Lipinski definition) is 1. The Hall–Kier alpha value is -1.48. The Kier molecular flexibility index (Phi) is 1.74. The molecule has 66 valence electrons. The average Bonchev–Trinajstić information content (AvgIpc) is 2.69. The molecule has 6 heteroatoms. The molecule has 2 rings (SSSR count). The molecule has 0 bridgehead atoms. The lowest BCUT2D eigenvalue weighted by Crippen LogP contribution is -2.35. The second kappa shape index (κ2) is 2.78. The van der Waals surface area contributed by atoms with Gasteiger partial charge in [0.15, 0.2) is 0 Å². The first kappa shape index (κ1) is 8.13. The molecule has 1 aromatic rings. The van der Waals surface area contributed by atoms with Crippen molar-refractivity contribution in [2.75, 3.05) is 0 Å². The molecule has 13 heavy (non-hydrogen) atoms. The number of carbonyl (C=O) groups is 1. The standard InChI is InChI=1S/C7H6N4OS/c8-4-7(1-2-7)10-6(12)5-3-9-11-13-5/h3H,1-2H2,(H,10,12). The van der Waals surface area contributed by atoms with E-state index in [9.17, 15) is 4.79 Å². The van der Waals surface area contributed by atoms with Crippen molar-refractivity contribution in [1.82, 2.24) is 14.9 Å². The SMILES string of the molecule is N#CC1(NC(=O)c2cnns2)CC1. The van der Waals surface area contributed by atoms with Crippen LogP contribution in [0.3, 0.4) is 0 Å². The normalized spacial score (nSPS) is 17.5. The van der Waals surface area contributed by atoms with Crippen LogP contribution in [0.15, 0.2) is 6.20 Å². The third kappa shape index (κ3) is 1.51. The zero-order valence-corrected chi connectivity index (χ0v) is 7.47. The van der Waals surface area contributed by atoms with Gasteiger partial charge in [-0.3, -0.25) is 4.79 Å². The molecular weight excluding hydrogens is 188 g/mol. The van der Waals surface area contributed by atoms with E-state index in [0.29, 0.717) is 4.88 Å². The summed E-state index contributed by atoms with van der Waals surface area (Å²) in [5.74, 6) is -0.256. The van der Waals surface area contributed by atoms with Crippen LogP contribution in [0.1, 0.15) is 22.5 Å². The number of hydrogen-bond acceptors (Lipinski definition) is 5. The van der Waals surface area contributed by atoms with Gasteiger partial charge in [0.2, 0.25) is 0 Å². The van der Waals surface area contributed by atoms with Crippen molar-refractivity contribution < 1.29 is 4.79 Å². The van der Waals surface area contributed by atoms with Gasteiger partial charge in [-0.15, -0.1) is 5.10 Å². The first-order chi connectivity index (χ1) is 6.26. The highest BCUT2D eigenvalue weighted by molar-refractivity contribution is 7.07. The lowest BCUT2D eigenvalue weighted by molar-refractivity contribution is 0.0945. The van der Waals surface area contributed by atoms with Crippen molar-refractivity contribution in [3.8, 4) is 6.07 Å². The summed E-state index contributed by atoms with van der Waals surface area (Å²) in [6.45, 7) is 0. The van der Waals surface area contributed by atoms with E-state index in [4.69, 9.17) is 5.26 Å². The third-order valence-corrected chi connectivity index (χ3v) is 2.57. The van der Waals surface area contributed by atoms with Crippen LogP contribution < -0.4 is 5.32 Å². The predicted molar refractivity (Wildman–Crippen MR) is 45.0 cm³/mol. The van der Waals surface area contributed by atoms with Crippen LogP contribution in [-0.2, 0) is 0 Å². The molecule has 1 heterocycles. The van der Waals surface area contributed by atoms with E-state index in [1.165, 1.54) is 6.20 Å². The molecule has 0 radical (unpaired) electrons. The Morgan fingerprint density at radius 2 is 2.54 bits per heavy atom. The summed E-state index contributed by atoms with van der Waals surface area (Å²) in [6.07, 6.45) is 2.87. The molecule has 1 aliphatic carbocycles. The topological polar surface area (TPSA) is 78.7 Å². The maximum atomic E-state index is 11.4. The van der Waals surface area contributed by atoms with Crippen molar-refractivity contribution in [2.45, 2.75) is 18.4 Å². The summed E-state index contributed by atoms with van der Waals surface area (Å²) in [5.41, 5.74) is -0.610. The molecule has 0 unspecified atom stereocenters. The van der Waals surface area contributed by atoms with E-state index >= 15 is 0 Å². The Labute approximate surface area is 78.5 Å². The minimum atomic E-state index is -0.610. The lowest BCUT2D eigenvalue weighted by Gasteiger charge is -2.05. The first-order valence-electron chi connectivity index (χ1n) is 3.77.